The molecule has 1 aromatic heterocycles. The van der Waals surface area contributed by atoms with E-state index in [1.165, 1.54) is 17.4 Å². The van der Waals surface area contributed by atoms with Crippen LogP contribution in [0.2, 0.25) is 0 Å². The zero-order valence-electron chi connectivity index (χ0n) is 13.5. The second kappa shape index (κ2) is 8.27. The molecule has 1 heterocycles. The highest BCUT2D eigenvalue weighted by Crippen LogP contribution is 2.20. The topological polar surface area (TPSA) is 84.5 Å². The Labute approximate surface area is 145 Å². The highest BCUT2D eigenvalue weighted by atomic mass is 32.2. The lowest BCUT2D eigenvalue weighted by molar-refractivity contribution is -0.119. The normalized spacial score (nSPS) is 11.2. The molecule has 6 nitrogen and oxygen atoms in total. The molecule has 0 saturated carbocycles. The van der Waals surface area contributed by atoms with Crippen LogP contribution in [-0.2, 0) is 21.2 Å². The lowest BCUT2D eigenvalue weighted by Gasteiger charge is -2.09. The number of para-hydroxylation sites is 1. The first-order valence-electron chi connectivity index (χ1n) is 7.37. The number of methoxy groups -OCH3 is 1. The van der Waals surface area contributed by atoms with Gasteiger partial charge in [-0.05, 0) is 37.1 Å². The van der Waals surface area contributed by atoms with Crippen molar-refractivity contribution < 1.29 is 17.9 Å². The Morgan fingerprint density at radius 2 is 1.96 bits per heavy atom. The molecule has 0 fully saturated rings. The summed E-state index contributed by atoms with van der Waals surface area (Å²) in [6.07, 6.45) is 0.604. The van der Waals surface area contributed by atoms with Gasteiger partial charge in [0.1, 0.15) is 9.96 Å². The molecule has 0 radical (unpaired) electrons. The van der Waals surface area contributed by atoms with Gasteiger partial charge in [-0.15, -0.1) is 11.3 Å². The Hall–Kier alpha value is -1.90. The Kier molecular flexibility index (Phi) is 6.36. The molecule has 24 heavy (non-hydrogen) atoms. The number of thiophene rings is 1. The molecule has 0 spiro atoms. The number of amides is 1. The van der Waals surface area contributed by atoms with Crippen LogP contribution in [0.3, 0.4) is 0 Å². The van der Waals surface area contributed by atoms with E-state index in [9.17, 15) is 13.2 Å². The molecule has 0 aliphatic carbocycles. The van der Waals surface area contributed by atoms with E-state index in [1.54, 1.807) is 13.2 Å². The molecule has 1 amide bonds. The van der Waals surface area contributed by atoms with Crippen LogP contribution in [0.25, 0.3) is 0 Å². The maximum atomic E-state index is 12.0. The first kappa shape index (κ1) is 18.4. The smallest absolute Gasteiger partial charge is 0.250 e. The summed E-state index contributed by atoms with van der Waals surface area (Å²) in [6, 6.07) is 10.8. The van der Waals surface area contributed by atoms with E-state index in [-0.39, 0.29) is 16.7 Å². The van der Waals surface area contributed by atoms with Gasteiger partial charge in [0.05, 0.1) is 13.7 Å². The molecule has 1 aromatic carbocycles. The van der Waals surface area contributed by atoms with Gasteiger partial charge in [0.25, 0.3) is 10.0 Å². The summed E-state index contributed by atoms with van der Waals surface area (Å²) in [5, 5.41) is 2.69. The predicted molar refractivity (Wildman–Crippen MR) is 94.0 cm³/mol. The Morgan fingerprint density at radius 3 is 2.62 bits per heavy atom. The van der Waals surface area contributed by atoms with Gasteiger partial charge in [0.2, 0.25) is 5.91 Å². The van der Waals surface area contributed by atoms with Gasteiger partial charge in [0.15, 0.2) is 0 Å². The van der Waals surface area contributed by atoms with E-state index >= 15 is 0 Å². The van der Waals surface area contributed by atoms with Gasteiger partial charge < -0.3 is 10.1 Å². The van der Waals surface area contributed by atoms with Gasteiger partial charge in [-0.2, -0.15) is 0 Å². The average molecular weight is 368 g/mol. The summed E-state index contributed by atoms with van der Waals surface area (Å²) in [4.78, 5) is 12.7. The molecular weight excluding hydrogens is 348 g/mol. The number of rotatable bonds is 8. The molecule has 0 unspecified atom stereocenters. The number of hydrogen-bond acceptors (Lipinski definition) is 5. The molecule has 0 atom stereocenters. The van der Waals surface area contributed by atoms with E-state index in [0.29, 0.717) is 13.0 Å². The lowest BCUT2D eigenvalue weighted by atomic mass is 10.1. The summed E-state index contributed by atoms with van der Waals surface area (Å²) in [5.74, 6) is 0.391. The molecule has 2 aromatic rings. The summed E-state index contributed by atoms with van der Waals surface area (Å²) < 4.78 is 31.8. The molecule has 2 N–H and O–H groups in total. The zero-order chi connectivity index (χ0) is 17.6. The number of carbonyl (C=O) groups excluding carboxylic acids is 1. The number of carbonyl (C=O) groups is 1. The Balaban J connectivity index is 1.79. The largest absolute Gasteiger partial charge is 0.496 e. The van der Waals surface area contributed by atoms with Gasteiger partial charge in [0, 0.05) is 11.4 Å². The van der Waals surface area contributed by atoms with Crippen LogP contribution in [0, 0.1) is 6.92 Å². The average Bonchev–Trinajstić information content (AvgIpc) is 3.01. The molecule has 130 valence electrons. The molecule has 0 aliphatic heterocycles. The van der Waals surface area contributed by atoms with Crippen molar-refractivity contribution in [3.63, 3.8) is 0 Å². The van der Waals surface area contributed by atoms with Gasteiger partial charge in [-0.1, -0.05) is 18.2 Å². The predicted octanol–water partition coefficient (Wildman–Crippen LogP) is 1.70. The van der Waals surface area contributed by atoms with Gasteiger partial charge in [-0.25, -0.2) is 13.1 Å². The first-order valence-corrected chi connectivity index (χ1v) is 9.67. The maximum absolute atomic E-state index is 12.0. The number of sulfonamides is 1. The van der Waals surface area contributed by atoms with Crippen molar-refractivity contribution in [2.24, 2.45) is 0 Å². The van der Waals surface area contributed by atoms with Crippen LogP contribution in [0.1, 0.15) is 10.4 Å². The minimum Gasteiger partial charge on any atom is -0.496 e. The standard InChI is InChI=1S/C16H20N2O4S2/c1-12-7-8-16(23-12)24(20,21)18-11-15(19)17-10-9-13-5-3-4-6-14(13)22-2/h3-8,18H,9-11H2,1-2H3,(H,17,19). The van der Waals surface area contributed by atoms with E-state index < -0.39 is 10.0 Å². The maximum Gasteiger partial charge on any atom is 0.250 e. The third-order valence-corrected chi connectivity index (χ3v) is 6.21. The second-order valence-electron chi connectivity index (χ2n) is 5.10. The number of hydrogen-bond donors (Lipinski definition) is 2. The van der Waals surface area contributed by atoms with E-state index in [1.807, 2.05) is 31.2 Å². The number of aryl methyl sites for hydroxylation is 1. The van der Waals surface area contributed by atoms with Crippen molar-refractivity contribution in [3.05, 3.63) is 46.8 Å². The Morgan fingerprint density at radius 1 is 1.21 bits per heavy atom. The van der Waals surface area contributed by atoms with Crippen LogP contribution in [0.15, 0.2) is 40.6 Å². The molecule has 0 bridgehead atoms. The fourth-order valence-electron chi connectivity index (χ4n) is 2.10. The number of nitrogens with one attached hydrogen (secondary N) is 2. The summed E-state index contributed by atoms with van der Waals surface area (Å²) in [6.45, 7) is 1.94. The van der Waals surface area contributed by atoms with Crippen LogP contribution in [0.5, 0.6) is 5.75 Å². The first-order chi connectivity index (χ1) is 11.4. The van der Waals surface area contributed by atoms with Gasteiger partial charge in [-0.3, -0.25) is 4.79 Å². The Bertz CT molecular complexity index is 800. The van der Waals surface area contributed by atoms with Crippen molar-refractivity contribution in [3.8, 4) is 5.75 Å². The minimum absolute atomic E-state index is 0.210. The van der Waals surface area contributed by atoms with Gasteiger partial charge >= 0.3 is 0 Å². The number of benzene rings is 1. The highest BCUT2D eigenvalue weighted by molar-refractivity contribution is 7.91. The van der Waals surface area contributed by atoms with Crippen LogP contribution >= 0.6 is 11.3 Å². The highest BCUT2D eigenvalue weighted by Gasteiger charge is 2.17. The van der Waals surface area contributed by atoms with Crippen molar-refractivity contribution >= 4 is 27.3 Å². The second-order valence-corrected chi connectivity index (χ2v) is 8.38. The molecule has 8 heteroatoms. The molecule has 2 rings (SSSR count). The fraction of sp³-hybridized carbons (Fsp3) is 0.312. The van der Waals surface area contributed by atoms with E-state index in [4.69, 9.17) is 4.74 Å². The van der Waals surface area contributed by atoms with Crippen LogP contribution in [-0.4, -0.2) is 34.5 Å². The summed E-state index contributed by atoms with van der Waals surface area (Å²) in [7, 11) is -2.04. The fourth-order valence-corrected chi connectivity index (χ4v) is 4.41. The molecule has 0 aliphatic rings. The molecule has 0 saturated heterocycles. The summed E-state index contributed by atoms with van der Waals surface area (Å²) >= 11 is 1.17. The van der Waals surface area contributed by atoms with Crippen LogP contribution < -0.4 is 14.8 Å². The summed E-state index contributed by atoms with van der Waals surface area (Å²) in [5.41, 5.74) is 0.981. The lowest BCUT2D eigenvalue weighted by Crippen LogP contribution is -2.37. The monoisotopic (exact) mass is 368 g/mol. The van der Waals surface area contributed by atoms with Crippen molar-refractivity contribution in [1.82, 2.24) is 10.0 Å². The number of ether oxygens (including phenoxy) is 1. The zero-order valence-corrected chi connectivity index (χ0v) is 15.2. The third-order valence-electron chi connectivity index (χ3n) is 3.31. The molecular formula is C16H20N2O4S2. The van der Waals surface area contributed by atoms with Crippen LogP contribution in [0.4, 0.5) is 0 Å². The van der Waals surface area contributed by atoms with Crippen molar-refractivity contribution in [2.75, 3.05) is 20.2 Å². The van der Waals surface area contributed by atoms with E-state index in [2.05, 4.69) is 10.0 Å². The van der Waals surface area contributed by atoms with E-state index in [0.717, 1.165) is 16.2 Å². The SMILES string of the molecule is COc1ccccc1CCNC(=O)CNS(=O)(=O)c1ccc(C)s1. The minimum atomic E-state index is -3.63. The quantitative estimate of drug-likeness (QED) is 0.743. The van der Waals surface area contributed by atoms with Crippen molar-refractivity contribution in [2.45, 2.75) is 17.6 Å². The van der Waals surface area contributed by atoms with Crippen molar-refractivity contribution in [1.29, 1.82) is 0 Å². The third kappa shape index (κ3) is 5.05.